The summed E-state index contributed by atoms with van der Waals surface area (Å²) in [4.78, 5) is 16.7. The monoisotopic (exact) mass is 462 g/mol. The number of fused-ring (bicyclic) bond motifs is 1. The fourth-order valence-corrected chi connectivity index (χ4v) is 6.01. The highest BCUT2D eigenvalue weighted by molar-refractivity contribution is 5.74. The van der Waals surface area contributed by atoms with Crippen LogP contribution in [0.5, 0.6) is 0 Å². The molecule has 4 heterocycles. The van der Waals surface area contributed by atoms with E-state index in [1.165, 1.54) is 33.8 Å². The van der Waals surface area contributed by atoms with Gasteiger partial charge in [-0.2, -0.15) is 10.2 Å². The number of anilines is 1. The zero-order chi connectivity index (χ0) is 24.0. The number of hydrogen-bond donors (Lipinski definition) is 0. The quantitative estimate of drug-likeness (QED) is 0.641. The van der Waals surface area contributed by atoms with Crippen molar-refractivity contribution in [3.8, 4) is 0 Å². The smallest absolute Gasteiger partial charge is 0.219 e. The van der Waals surface area contributed by atoms with E-state index in [4.69, 9.17) is 5.10 Å². The second kappa shape index (κ2) is 9.08. The Morgan fingerprint density at radius 3 is 2.68 bits per heavy atom. The Balaban J connectivity index is 1.52. The average Bonchev–Trinajstić information content (AvgIpc) is 3.39. The van der Waals surface area contributed by atoms with Crippen LogP contribution in [0.25, 0.3) is 0 Å². The zero-order valence-electron chi connectivity index (χ0n) is 21.3. The lowest BCUT2D eigenvalue weighted by Crippen LogP contribution is -2.36. The van der Waals surface area contributed by atoms with Gasteiger partial charge in [-0.15, -0.1) is 0 Å². The van der Waals surface area contributed by atoms with Gasteiger partial charge in [-0.25, -0.2) is 0 Å². The number of rotatable bonds is 5. The van der Waals surface area contributed by atoms with Crippen molar-refractivity contribution in [1.82, 2.24) is 24.5 Å². The molecule has 2 aromatic heterocycles. The molecule has 0 bridgehead atoms. The van der Waals surface area contributed by atoms with Crippen LogP contribution in [0.3, 0.4) is 0 Å². The molecule has 1 aliphatic carbocycles. The number of amides is 1. The summed E-state index contributed by atoms with van der Waals surface area (Å²) < 4.78 is 4.27. The van der Waals surface area contributed by atoms with Gasteiger partial charge in [0.1, 0.15) is 0 Å². The van der Waals surface area contributed by atoms with E-state index in [9.17, 15) is 4.79 Å². The van der Waals surface area contributed by atoms with Crippen molar-refractivity contribution in [2.45, 2.75) is 84.7 Å². The number of nitrogens with zero attached hydrogens (tertiary/aromatic N) is 6. The molecule has 34 heavy (non-hydrogen) atoms. The first-order valence-electron chi connectivity index (χ1n) is 12.9. The molecule has 0 saturated carbocycles. The molecular formula is C27H38N6O. The second-order valence-electron chi connectivity index (χ2n) is 10.1. The SMILES string of the molecule is CCC(CC)n1nc(N2CCCC3=C2C=CC(c2cnn(C)c2C)C3)c2c1CCN(C(C)=O)C2. The molecule has 2 aromatic rings. The Kier molecular flexibility index (Phi) is 6.13. The summed E-state index contributed by atoms with van der Waals surface area (Å²) >= 11 is 0. The van der Waals surface area contributed by atoms with Crippen LogP contribution in [0.4, 0.5) is 5.82 Å². The first-order chi connectivity index (χ1) is 16.4. The molecule has 0 spiro atoms. The molecule has 0 fully saturated rings. The lowest BCUT2D eigenvalue weighted by atomic mass is 9.83. The van der Waals surface area contributed by atoms with Gasteiger partial charge in [-0.1, -0.05) is 19.9 Å². The predicted molar refractivity (Wildman–Crippen MR) is 135 cm³/mol. The largest absolute Gasteiger partial charge is 0.338 e. The molecule has 1 amide bonds. The van der Waals surface area contributed by atoms with Crippen molar-refractivity contribution in [2.75, 3.05) is 18.0 Å². The summed E-state index contributed by atoms with van der Waals surface area (Å²) in [5.41, 5.74) is 8.00. The molecule has 7 nitrogen and oxygen atoms in total. The summed E-state index contributed by atoms with van der Waals surface area (Å²) in [5, 5.41) is 9.73. The standard InChI is InChI=1S/C27H38N6O/c1-6-22(7-2)33-26-12-14-31(19(4)34)17-24(26)27(29-33)32-13-8-9-21-15-20(10-11-25(21)32)23-16-28-30(5)18(23)3/h10-11,16,20,22H,6-9,12-15,17H2,1-5H3. The molecule has 0 aromatic carbocycles. The van der Waals surface area contributed by atoms with E-state index < -0.39 is 0 Å². The van der Waals surface area contributed by atoms with Gasteiger partial charge in [0, 0.05) is 67.6 Å². The number of hydrogen-bond acceptors (Lipinski definition) is 4. The van der Waals surface area contributed by atoms with Crippen LogP contribution in [-0.4, -0.2) is 43.5 Å². The Bertz CT molecular complexity index is 1150. The van der Waals surface area contributed by atoms with Gasteiger partial charge in [0.05, 0.1) is 18.8 Å². The van der Waals surface area contributed by atoms with Gasteiger partial charge in [-0.05, 0) is 50.7 Å². The summed E-state index contributed by atoms with van der Waals surface area (Å²) in [6.07, 6.45) is 13.0. The zero-order valence-corrected chi connectivity index (χ0v) is 21.3. The van der Waals surface area contributed by atoms with E-state index in [1.807, 2.05) is 22.8 Å². The van der Waals surface area contributed by atoms with E-state index in [2.05, 4.69) is 47.6 Å². The third kappa shape index (κ3) is 3.79. The first-order valence-corrected chi connectivity index (χ1v) is 12.9. The maximum absolute atomic E-state index is 12.2. The number of aromatic nitrogens is 4. The minimum atomic E-state index is 0.151. The molecular weight excluding hydrogens is 424 g/mol. The Labute approximate surface area is 203 Å². The van der Waals surface area contributed by atoms with Crippen molar-refractivity contribution in [3.63, 3.8) is 0 Å². The molecule has 3 aliphatic rings. The van der Waals surface area contributed by atoms with Crippen LogP contribution in [-0.2, 0) is 24.8 Å². The van der Waals surface area contributed by atoms with Crippen LogP contribution in [0.2, 0.25) is 0 Å². The average molecular weight is 463 g/mol. The van der Waals surface area contributed by atoms with Gasteiger partial charge in [0.15, 0.2) is 5.82 Å². The van der Waals surface area contributed by atoms with E-state index in [1.54, 1.807) is 6.92 Å². The summed E-state index contributed by atoms with van der Waals surface area (Å²) in [6.45, 7) is 10.8. The van der Waals surface area contributed by atoms with Gasteiger partial charge in [-0.3, -0.25) is 14.2 Å². The lowest BCUT2D eigenvalue weighted by molar-refractivity contribution is -0.129. The van der Waals surface area contributed by atoms with E-state index in [0.29, 0.717) is 18.5 Å². The predicted octanol–water partition coefficient (Wildman–Crippen LogP) is 4.79. The maximum Gasteiger partial charge on any atom is 0.219 e. The molecule has 1 atom stereocenters. The van der Waals surface area contributed by atoms with Crippen molar-refractivity contribution in [3.05, 3.63) is 52.1 Å². The summed E-state index contributed by atoms with van der Waals surface area (Å²) in [6, 6.07) is 0.407. The number of carbonyl (C=O) groups is 1. The highest BCUT2D eigenvalue weighted by atomic mass is 16.2. The van der Waals surface area contributed by atoms with Crippen molar-refractivity contribution >= 4 is 11.7 Å². The van der Waals surface area contributed by atoms with Crippen LogP contribution in [0.15, 0.2) is 29.6 Å². The number of carbonyl (C=O) groups excluding carboxylic acids is 1. The third-order valence-corrected chi connectivity index (χ3v) is 8.19. The first kappa shape index (κ1) is 22.9. The maximum atomic E-state index is 12.2. The molecule has 0 radical (unpaired) electrons. The Hall–Kier alpha value is -2.83. The number of allylic oxidation sites excluding steroid dienone is 3. The molecule has 1 unspecified atom stereocenters. The Morgan fingerprint density at radius 2 is 2.00 bits per heavy atom. The minimum Gasteiger partial charge on any atom is -0.338 e. The third-order valence-electron chi connectivity index (χ3n) is 8.19. The van der Waals surface area contributed by atoms with Crippen molar-refractivity contribution < 1.29 is 4.79 Å². The van der Waals surface area contributed by atoms with Crippen LogP contribution in [0.1, 0.15) is 87.3 Å². The number of aryl methyl sites for hydroxylation is 1. The fourth-order valence-electron chi connectivity index (χ4n) is 6.01. The highest BCUT2D eigenvalue weighted by Gasteiger charge is 2.34. The normalized spacial score (nSPS) is 20.2. The molecule has 7 heteroatoms. The van der Waals surface area contributed by atoms with Crippen LogP contribution in [0, 0.1) is 6.92 Å². The molecule has 2 aliphatic heterocycles. The van der Waals surface area contributed by atoms with E-state index in [-0.39, 0.29) is 5.91 Å². The van der Waals surface area contributed by atoms with Crippen LogP contribution >= 0.6 is 0 Å². The molecule has 0 saturated heterocycles. The van der Waals surface area contributed by atoms with E-state index >= 15 is 0 Å². The highest BCUT2D eigenvalue weighted by Crippen LogP contribution is 2.42. The topological polar surface area (TPSA) is 59.2 Å². The summed E-state index contributed by atoms with van der Waals surface area (Å²) in [7, 11) is 2.02. The molecule has 0 N–H and O–H groups in total. The van der Waals surface area contributed by atoms with Crippen molar-refractivity contribution in [1.29, 1.82) is 0 Å². The molecule has 5 rings (SSSR count). The van der Waals surface area contributed by atoms with Gasteiger partial charge >= 0.3 is 0 Å². The summed E-state index contributed by atoms with van der Waals surface area (Å²) in [5.74, 6) is 1.61. The fraction of sp³-hybridized carbons (Fsp3) is 0.593. The van der Waals surface area contributed by atoms with Gasteiger partial charge in [0.25, 0.3) is 0 Å². The lowest BCUT2D eigenvalue weighted by Gasteiger charge is -2.36. The second-order valence-corrected chi connectivity index (χ2v) is 10.1. The van der Waals surface area contributed by atoms with Gasteiger partial charge < -0.3 is 9.80 Å². The Morgan fingerprint density at radius 1 is 1.21 bits per heavy atom. The van der Waals surface area contributed by atoms with E-state index in [0.717, 1.165) is 57.4 Å². The van der Waals surface area contributed by atoms with Crippen molar-refractivity contribution in [2.24, 2.45) is 7.05 Å². The molecule has 182 valence electrons. The van der Waals surface area contributed by atoms with Gasteiger partial charge in [0.2, 0.25) is 5.91 Å². The minimum absolute atomic E-state index is 0.151. The van der Waals surface area contributed by atoms with Crippen LogP contribution < -0.4 is 4.90 Å².